The highest BCUT2D eigenvalue weighted by molar-refractivity contribution is 6.00. The van der Waals surface area contributed by atoms with E-state index in [0.717, 1.165) is 65.1 Å². The third kappa shape index (κ3) is 3.26. The molecule has 174 valence electrons. The lowest BCUT2D eigenvalue weighted by Gasteiger charge is -2.29. The first-order chi connectivity index (χ1) is 17.3. The Labute approximate surface area is 204 Å². The van der Waals surface area contributed by atoms with Gasteiger partial charge in [-0.05, 0) is 60.6 Å². The summed E-state index contributed by atoms with van der Waals surface area (Å²) in [6, 6.07) is 24.8. The molecule has 0 spiro atoms. The Morgan fingerprint density at radius 3 is 2.60 bits per heavy atom. The summed E-state index contributed by atoms with van der Waals surface area (Å²) in [5.74, 6) is 1.69. The van der Waals surface area contributed by atoms with Crippen molar-refractivity contribution in [2.45, 2.75) is 38.3 Å². The number of H-pyrrole nitrogens is 1. The second kappa shape index (κ2) is 8.05. The van der Waals surface area contributed by atoms with E-state index in [2.05, 4.69) is 58.4 Å². The molecule has 3 aliphatic rings. The number of ether oxygens (including phenoxy) is 2. The van der Waals surface area contributed by atoms with Gasteiger partial charge in [-0.2, -0.15) is 0 Å². The first-order valence-electron chi connectivity index (χ1n) is 12.4. The molecule has 3 aromatic carbocycles. The van der Waals surface area contributed by atoms with Gasteiger partial charge in [0.25, 0.3) is 5.91 Å². The van der Waals surface area contributed by atoms with Crippen LogP contribution in [-0.4, -0.2) is 22.6 Å². The van der Waals surface area contributed by atoms with Gasteiger partial charge in [0.05, 0.1) is 11.7 Å². The van der Waals surface area contributed by atoms with Crippen molar-refractivity contribution in [2.24, 2.45) is 0 Å². The van der Waals surface area contributed by atoms with Gasteiger partial charge in [0.1, 0.15) is 0 Å². The number of carbonyl (C=O) groups is 1. The Hall–Kier alpha value is -3.99. The summed E-state index contributed by atoms with van der Waals surface area (Å²) in [5, 5.41) is 1.18. The lowest BCUT2D eigenvalue weighted by atomic mass is 9.86. The Bertz CT molecular complexity index is 1480. The fraction of sp³-hybridized carbons (Fsp3) is 0.233. The molecule has 7 rings (SSSR count). The van der Waals surface area contributed by atoms with E-state index in [1.165, 1.54) is 16.5 Å². The largest absolute Gasteiger partial charge is 0.454 e. The van der Waals surface area contributed by atoms with Crippen LogP contribution in [0.15, 0.2) is 83.9 Å². The molecule has 0 fully saturated rings. The topological polar surface area (TPSA) is 54.6 Å². The quantitative estimate of drug-likeness (QED) is 0.376. The van der Waals surface area contributed by atoms with E-state index >= 15 is 0 Å². The Morgan fingerprint density at radius 1 is 0.886 bits per heavy atom. The third-order valence-electron chi connectivity index (χ3n) is 7.54. The lowest BCUT2D eigenvalue weighted by Crippen LogP contribution is -2.30. The molecule has 3 heterocycles. The molecule has 0 radical (unpaired) electrons. The lowest BCUT2D eigenvalue weighted by molar-refractivity contribution is -0.127. The van der Waals surface area contributed by atoms with E-state index in [4.69, 9.17) is 9.47 Å². The van der Waals surface area contributed by atoms with E-state index in [0.29, 0.717) is 6.54 Å². The molecule has 0 saturated carbocycles. The highest BCUT2D eigenvalue weighted by Gasteiger charge is 2.42. The smallest absolute Gasteiger partial charge is 0.250 e. The van der Waals surface area contributed by atoms with Crippen LogP contribution in [0.5, 0.6) is 11.5 Å². The van der Waals surface area contributed by atoms with Gasteiger partial charge in [-0.25, -0.2) is 0 Å². The molecule has 5 nitrogen and oxygen atoms in total. The van der Waals surface area contributed by atoms with Crippen LogP contribution in [0.25, 0.3) is 22.2 Å². The van der Waals surface area contributed by atoms with Gasteiger partial charge in [-0.1, -0.05) is 54.6 Å². The highest BCUT2D eigenvalue weighted by Crippen LogP contribution is 2.49. The number of amides is 1. The predicted molar refractivity (Wildman–Crippen MR) is 135 cm³/mol. The fourth-order valence-corrected chi connectivity index (χ4v) is 5.96. The molecule has 1 amide bonds. The standard InChI is InChI=1S/C30H26N2O3/c33-30-22-11-5-4-10-21(22)29(32(30)17-19-14-15-25-26(16-19)35-18-34-25)27-23-12-6-7-13-24(23)31-28(27)20-8-2-1-3-9-20/h1-3,6-9,12-16,29,31H,4-5,10-11,17-18H2. The van der Waals surface area contributed by atoms with Crippen molar-refractivity contribution in [3.05, 3.63) is 95.1 Å². The summed E-state index contributed by atoms with van der Waals surface area (Å²) in [4.78, 5) is 19.6. The molecule has 5 heteroatoms. The van der Waals surface area contributed by atoms with Gasteiger partial charge in [-0.15, -0.1) is 0 Å². The van der Waals surface area contributed by atoms with Crippen LogP contribution in [0.4, 0.5) is 0 Å². The third-order valence-corrected chi connectivity index (χ3v) is 7.54. The molecular formula is C30H26N2O3. The number of nitrogens with one attached hydrogen (secondary N) is 1. The number of hydrogen-bond donors (Lipinski definition) is 1. The van der Waals surface area contributed by atoms with Crippen molar-refractivity contribution >= 4 is 16.8 Å². The van der Waals surface area contributed by atoms with Crippen molar-refractivity contribution in [3.63, 3.8) is 0 Å². The van der Waals surface area contributed by atoms with E-state index < -0.39 is 0 Å². The highest BCUT2D eigenvalue weighted by atomic mass is 16.7. The summed E-state index contributed by atoms with van der Waals surface area (Å²) in [6.07, 6.45) is 4.04. The summed E-state index contributed by atoms with van der Waals surface area (Å²) in [7, 11) is 0. The van der Waals surface area contributed by atoms with Crippen LogP contribution in [0, 0.1) is 0 Å². The number of aromatic nitrogens is 1. The molecule has 0 bridgehead atoms. The first-order valence-corrected chi connectivity index (χ1v) is 12.4. The molecule has 1 N–H and O–H groups in total. The van der Waals surface area contributed by atoms with Crippen LogP contribution >= 0.6 is 0 Å². The Morgan fingerprint density at radius 2 is 1.69 bits per heavy atom. The SMILES string of the molecule is O=C1C2=C(CCCC2)C(c2c(-c3ccccc3)[nH]c3ccccc23)N1Cc1ccc2c(c1)OCO2. The van der Waals surface area contributed by atoms with Crippen LogP contribution in [0.1, 0.15) is 42.9 Å². The number of nitrogens with zero attached hydrogens (tertiary/aromatic N) is 1. The minimum Gasteiger partial charge on any atom is -0.454 e. The van der Waals surface area contributed by atoms with Crippen molar-refractivity contribution in [1.82, 2.24) is 9.88 Å². The molecule has 2 aliphatic heterocycles. The fourth-order valence-electron chi connectivity index (χ4n) is 5.96. The summed E-state index contributed by atoms with van der Waals surface area (Å²) in [6.45, 7) is 0.774. The number of benzene rings is 3. The van der Waals surface area contributed by atoms with Crippen LogP contribution in [0.2, 0.25) is 0 Å². The maximum Gasteiger partial charge on any atom is 0.250 e. The first kappa shape index (κ1) is 20.4. The van der Waals surface area contributed by atoms with Gasteiger partial charge in [0.15, 0.2) is 11.5 Å². The minimum absolute atomic E-state index is 0.0884. The molecular weight excluding hydrogens is 436 g/mol. The average molecular weight is 463 g/mol. The molecule has 35 heavy (non-hydrogen) atoms. The van der Waals surface area contributed by atoms with E-state index in [9.17, 15) is 4.79 Å². The van der Waals surface area contributed by atoms with E-state index in [-0.39, 0.29) is 18.7 Å². The number of para-hydroxylation sites is 1. The average Bonchev–Trinajstić information content (AvgIpc) is 3.59. The molecule has 1 atom stereocenters. The van der Waals surface area contributed by atoms with Crippen LogP contribution in [0.3, 0.4) is 0 Å². The Kier molecular flexibility index (Phi) is 4.69. The zero-order chi connectivity index (χ0) is 23.4. The second-order valence-electron chi connectivity index (χ2n) is 9.56. The molecule has 0 saturated heterocycles. The van der Waals surface area contributed by atoms with Gasteiger partial charge in [0.2, 0.25) is 6.79 Å². The van der Waals surface area contributed by atoms with E-state index in [1.54, 1.807) is 0 Å². The van der Waals surface area contributed by atoms with E-state index in [1.807, 2.05) is 24.3 Å². The number of carbonyl (C=O) groups excluding carboxylic acids is 1. The van der Waals surface area contributed by atoms with Crippen molar-refractivity contribution in [2.75, 3.05) is 6.79 Å². The van der Waals surface area contributed by atoms with Gasteiger partial charge < -0.3 is 19.4 Å². The zero-order valence-corrected chi connectivity index (χ0v) is 19.4. The van der Waals surface area contributed by atoms with Gasteiger partial charge in [0, 0.05) is 28.6 Å². The monoisotopic (exact) mass is 462 g/mol. The normalized spacial score (nSPS) is 19.0. The summed E-state index contributed by atoms with van der Waals surface area (Å²) >= 11 is 0. The van der Waals surface area contributed by atoms with Crippen molar-refractivity contribution in [3.8, 4) is 22.8 Å². The summed E-state index contributed by atoms with van der Waals surface area (Å²) in [5.41, 5.74) is 7.90. The minimum atomic E-state index is -0.0884. The Balaban J connectivity index is 1.40. The molecule has 1 unspecified atom stereocenters. The number of fused-ring (bicyclic) bond motifs is 2. The summed E-state index contributed by atoms with van der Waals surface area (Å²) < 4.78 is 11.1. The molecule has 1 aliphatic carbocycles. The molecule has 1 aromatic heterocycles. The van der Waals surface area contributed by atoms with Crippen molar-refractivity contribution in [1.29, 1.82) is 0 Å². The maximum atomic E-state index is 13.9. The number of hydrogen-bond acceptors (Lipinski definition) is 3. The zero-order valence-electron chi connectivity index (χ0n) is 19.4. The number of rotatable bonds is 4. The molecule has 4 aromatic rings. The van der Waals surface area contributed by atoms with Crippen molar-refractivity contribution < 1.29 is 14.3 Å². The maximum absolute atomic E-state index is 13.9. The van der Waals surface area contributed by atoms with Gasteiger partial charge in [-0.3, -0.25) is 4.79 Å². The second-order valence-corrected chi connectivity index (χ2v) is 9.56. The van der Waals surface area contributed by atoms with Crippen LogP contribution < -0.4 is 9.47 Å². The van der Waals surface area contributed by atoms with Gasteiger partial charge >= 0.3 is 0 Å². The predicted octanol–water partition coefficient (Wildman–Crippen LogP) is 6.52. The van der Waals surface area contributed by atoms with Crippen LogP contribution in [-0.2, 0) is 11.3 Å². The number of aromatic amines is 1.